The van der Waals surface area contributed by atoms with Crippen molar-refractivity contribution in [3.8, 4) is 11.3 Å². The molecule has 0 saturated carbocycles. The largest absolute Gasteiger partial charge is 0.464 e. The lowest BCUT2D eigenvalue weighted by atomic mass is 10.2. The summed E-state index contributed by atoms with van der Waals surface area (Å²) in [5.41, 5.74) is 1.14. The molecule has 0 spiro atoms. The second kappa shape index (κ2) is 4.00. The Kier molecular flexibility index (Phi) is 2.92. The Morgan fingerprint density at radius 3 is 2.23 bits per heavy atom. The fourth-order valence-electron chi connectivity index (χ4n) is 1.14. The Morgan fingerprint density at radius 1 is 1.00 bits per heavy atom. The van der Waals surface area contributed by atoms with Gasteiger partial charge in [0.2, 0.25) is 0 Å². The van der Waals surface area contributed by atoms with Crippen molar-refractivity contribution in [2.75, 3.05) is 0 Å². The van der Waals surface area contributed by atoms with E-state index in [1.54, 1.807) is 6.26 Å². The highest BCUT2D eigenvalue weighted by Gasteiger charge is 2.02. The fraction of sp³-hybridized carbons (Fsp3) is 0. The van der Waals surface area contributed by atoms with Crippen molar-refractivity contribution in [3.63, 3.8) is 0 Å². The molecule has 1 heterocycles. The number of hydrogen-bond donors (Lipinski definition) is 0. The third-order valence-electron chi connectivity index (χ3n) is 1.67. The Morgan fingerprint density at radius 2 is 1.69 bits per heavy atom. The minimum Gasteiger partial charge on any atom is -0.464 e. The van der Waals surface area contributed by atoms with E-state index >= 15 is 0 Å². The van der Waals surface area contributed by atoms with Crippen molar-refractivity contribution in [2.24, 2.45) is 0 Å². The van der Waals surface area contributed by atoms with Gasteiger partial charge in [-0.25, -0.2) is 0 Å². The number of furan rings is 1. The molecule has 0 saturated heterocycles. The van der Waals surface area contributed by atoms with Gasteiger partial charge in [0.05, 0.1) is 6.26 Å². The minimum absolute atomic E-state index is 0.927. The van der Waals surface area contributed by atoms with Crippen LogP contribution in [0, 0.1) is 7.14 Å². The molecule has 2 aromatic rings. The van der Waals surface area contributed by atoms with Gasteiger partial charge in [-0.2, -0.15) is 0 Å². The molecule has 0 aliphatic heterocycles. The molecule has 13 heavy (non-hydrogen) atoms. The molecular weight excluding hydrogens is 390 g/mol. The summed E-state index contributed by atoms with van der Waals surface area (Å²) in [4.78, 5) is 0. The quantitative estimate of drug-likeness (QED) is 0.661. The van der Waals surface area contributed by atoms with E-state index in [2.05, 4.69) is 63.4 Å². The summed E-state index contributed by atoms with van der Waals surface area (Å²) < 4.78 is 7.79. The van der Waals surface area contributed by atoms with E-state index in [-0.39, 0.29) is 0 Å². The summed E-state index contributed by atoms with van der Waals surface area (Å²) in [6, 6.07) is 10.2. The van der Waals surface area contributed by atoms with Crippen molar-refractivity contribution in [1.29, 1.82) is 0 Å². The van der Waals surface area contributed by atoms with Crippen molar-refractivity contribution >= 4 is 45.2 Å². The van der Waals surface area contributed by atoms with E-state index in [1.807, 2.05) is 12.1 Å². The summed E-state index contributed by atoms with van der Waals surface area (Å²) in [7, 11) is 0. The highest BCUT2D eigenvalue weighted by molar-refractivity contribution is 14.1. The van der Waals surface area contributed by atoms with Crippen LogP contribution < -0.4 is 0 Å². The molecular formula is C10H6I2O. The van der Waals surface area contributed by atoms with Gasteiger partial charge >= 0.3 is 0 Å². The van der Waals surface area contributed by atoms with Crippen LogP contribution in [0.4, 0.5) is 0 Å². The molecule has 0 N–H and O–H groups in total. The van der Waals surface area contributed by atoms with E-state index in [1.165, 1.54) is 7.14 Å². The van der Waals surface area contributed by atoms with Gasteiger partial charge in [0.15, 0.2) is 0 Å². The fourth-order valence-corrected chi connectivity index (χ4v) is 3.08. The standard InChI is InChI=1S/C10H6I2O/c11-8-4-7(5-9(12)6-8)10-2-1-3-13-10/h1-6H. The first-order valence-electron chi connectivity index (χ1n) is 3.76. The summed E-state index contributed by atoms with van der Waals surface area (Å²) in [5.74, 6) is 0.927. The molecule has 0 radical (unpaired) electrons. The topological polar surface area (TPSA) is 13.1 Å². The second-order valence-electron chi connectivity index (χ2n) is 2.64. The zero-order chi connectivity index (χ0) is 9.26. The van der Waals surface area contributed by atoms with Crippen LogP contribution in [-0.4, -0.2) is 0 Å². The van der Waals surface area contributed by atoms with Crippen LogP contribution in [0.5, 0.6) is 0 Å². The Balaban J connectivity index is 2.53. The van der Waals surface area contributed by atoms with Crippen molar-refractivity contribution in [1.82, 2.24) is 0 Å². The second-order valence-corrected chi connectivity index (χ2v) is 5.13. The van der Waals surface area contributed by atoms with Gasteiger partial charge in [0.1, 0.15) is 5.76 Å². The maximum absolute atomic E-state index is 5.32. The SMILES string of the molecule is Ic1cc(I)cc(-c2ccco2)c1. The molecule has 3 heteroatoms. The number of hydrogen-bond acceptors (Lipinski definition) is 1. The molecule has 0 amide bonds. The van der Waals surface area contributed by atoms with Gasteiger partial charge in [0, 0.05) is 12.7 Å². The molecule has 0 fully saturated rings. The Labute approximate surface area is 104 Å². The summed E-state index contributed by atoms with van der Waals surface area (Å²) in [6.45, 7) is 0. The Bertz CT molecular complexity index is 387. The molecule has 0 unspecified atom stereocenters. The Hall–Kier alpha value is -0.0400. The molecule has 2 rings (SSSR count). The first-order valence-corrected chi connectivity index (χ1v) is 5.91. The van der Waals surface area contributed by atoms with Crippen LogP contribution in [0.3, 0.4) is 0 Å². The lowest BCUT2D eigenvalue weighted by Gasteiger charge is -1.99. The molecule has 66 valence electrons. The maximum atomic E-state index is 5.32. The molecule has 1 aromatic heterocycles. The third kappa shape index (κ3) is 2.25. The van der Waals surface area contributed by atoms with Crippen LogP contribution in [0.25, 0.3) is 11.3 Å². The first kappa shape index (κ1) is 9.51. The van der Waals surface area contributed by atoms with E-state index in [0.717, 1.165) is 11.3 Å². The van der Waals surface area contributed by atoms with Crippen LogP contribution in [0.15, 0.2) is 41.0 Å². The van der Waals surface area contributed by atoms with Crippen LogP contribution >= 0.6 is 45.2 Å². The zero-order valence-corrected chi connectivity index (χ0v) is 10.9. The van der Waals surface area contributed by atoms with Gasteiger partial charge in [-0.1, -0.05) is 0 Å². The third-order valence-corrected chi connectivity index (χ3v) is 2.91. The van der Waals surface area contributed by atoms with Crippen molar-refractivity contribution < 1.29 is 4.42 Å². The number of benzene rings is 1. The summed E-state index contributed by atoms with van der Waals surface area (Å²) >= 11 is 4.62. The number of rotatable bonds is 1. The molecule has 1 nitrogen and oxygen atoms in total. The van der Waals surface area contributed by atoms with E-state index in [4.69, 9.17) is 4.42 Å². The minimum atomic E-state index is 0.927. The average molecular weight is 396 g/mol. The van der Waals surface area contributed by atoms with Crippen molar-refractivity contribution in [3.05, 3.63) is 43.7 Å². The highest BCUT2D eigenvalue weighted by atomic mass is 127. The lowest BCUT2D eigenvalue weighted by Crippen LogP contribution is -1.79. The normalized spacial score (nSPS) is 10.3. The monoisotopic (exact) mass is 396 g/mol. The van der Waals surface area contributed by atoms with Gasteiger partial charge in [0.25, 0.3) is 0 Å². The predicted octanol–water partition coefficient (Wildman–Crippen LogP) is 4.16. The van der Waals surface area contributed by atoms with Crippen LogP contribution in [-0.2, 0) is 0 Å². The smallest absolute Gasteiger partial charge is 0.133 e. The molecule has 0 bridgehead atoms. The van der Waals surface area contributed by atoms with Gasteiger partial charge in [-0.15, -0.1) is 0 Å². The zero-order valence-electron chi connectivity index (χ0n) is 6.63. The average Bonchev–Trinajstić information content (AvgIpc) is 2.53. The summed E-state index contributed by atoms with van der Waals surface area (Å²) in [6.07, 6.45) is 1.70. The van der Waals surface area contributed by atoms with Crippen LogP contribution in [0.1, 0.15) is 0 Å². The first-order chi connectivity index (χ1) is 6.25. The van der Waals surface area contributed by atoms with Crippen molar-refractivity contribution in [2.45, 2.75) is 0 Å². The van der Waals surface area contributed by atoms with E-state index < -0.39 is 0 Å². The highest BCUT2D eigenvalue weighted by Crippen LogP contribution is 2.24. The van der Waals surface area contributed by atoms with Gasteiger partial charge < -0.3 is 4.42 Å². The predicted molar refractivity (Wildman–Crippen MR) is 69.6 cm³/mol. The molecule has 0 aliphatic carbocycles. The maximum Gasteiger partial charge on any atom is 0.133 e. The van der Waals surface area contributed by atoms with E-state index in [9.17, 15) is 0 Å². The van der Waals surface area contributed by atoms with Crippen LogP contribution in [0.2, 0.25) is 0 Å². The molecule has 0 atom stereocenters. The summed E-state index contributed by atoms with van der Waals surface area (Å²) in [5, 5.41) is 0. The number of halogens is 2. The van der Waals surface area contributed by atoms with Gasteiger partial charge in [-0.05, 0) is 75.5 Å². The lowest BCUT2D eigenvalue weighted by molar-refractivity contribution is 0.582. The van der Waals surface area contributed by atoms with E-state index in [0.29, 0.717) is 0 Å². The molecule has 0 aliphatic rings. The molecule has 1 aromatic carbocycles. The van der Waals surface area contributed by atoms with Gasteiger partial charge in [-0.3, -0.25) is 0 Å².